The Balaban J connectivity index is 1.48. The van der Waals surface area contributed by atoms with E-state index in [1.54, 1.807) is 0 Å². The van der Waals surface area contributed by atoms with Crippen LogP contribution in [0.1, 0.15) is 158 Å². The third-order valence-corrected chi connectivity index (χ3v) is 16.3. The van der Waals surface area contributed by atoms with E-state index in [-0.39, 0.29) is 8.07 Å². The van der Waals surface area contributed by atoms with Gasteiger partial charge in [-0.25, -0.2) is 0 Å². The van der Waals surface area contributed by atoms with Crippen LogP contribution in [0.25, 0.3) is 0 Å². The molecule has 2 N–H and O–H groups in total. The lowest BCUT2D eigenvalue weighted by atomic mass is 9.75. The molecule has 4 fully saturated rings. The van der Waals surface area contributed by atoms with Crippen molar-refractivity contribution in [2.24, 2.45) is 40.9 Å². The van der Waals surface area contributed by atoms with Crippen molar-refractivity contribution in [3.63, 3.8) is 0 Å². The first-order valence-electron chi connectivity index (χ1n) is 18.0. The maximum Gasteiger partial charge on any atom is 0.0186 e. The normalized spacial score (nSPS) is 37.7. The molecule has 3 heteroatoms. The minimum Gasteiger partial charge on any atom is -0.311 e. The SMILES string of the molecule is CCC(C)CC(C)C1CCCC2NP(C(CC)C(CC3CC3(C)CC)C(C)CC(CC)NC3CCCCC3)C21. The molecule has 0 bridgehead atoms. The highest BCUT2D eigenvalue weighted by atomic mass is 31.1. The molecule has 39 heavy (non-hydrogen) atoms. The summed E-state index contributed by atoms with van der Waals surface area (Å²) in [4.78, 5) is 0. The van der Waals surface area contributed by atoms with E-state index in [1.807, 2.05) is 0 Å². The lowest BCUT2D eigenvalue weighted by Crippen LogP contribution is -2.59. The Morgan fingerprint density at radius 2 is 1.62 bits per heavy atom. The van der Waals surface area contributed by atoms with Crippen molar-refractivity contribution in [3.8, 4) is 0 Å². The summed E-state index contributed by atoms with van der Waals surface area (Å²) in [5.74, 6) is 5.49. The van der Waals surface area contributed by atoms with Crippen molar-refractivity contribution in [1.82, 2.24) is 10.4 Å². The molecule has 0 amide bonds. The van der Waals surface area contributed by atoms with E-state index in [4.69, 9.17) is 0 Å². The highest BCUT2D eigenvalue weighted by Crippen LogP contribution is 2.66. The smallest absolute Gasteiger partial charge is 0.0186 e. The number of hydrogen-bond donors (Lipinski definition) is 2. The van der Waals surface area contributed by atoms with Crippen LogP contribution in [0.4, 0.5) is 0 Å². The van der Waals surface area contributed by atoms with Gasteiger partial charge < -0.3 is 5.32 Å². The van der Waals surface area contributed by atoms with Gasteiger partial charge in [0.2, 0.25) is 0 Å². The van der Waals surface area contributed by atoms with Crippen LogP contribution >= 0.6 is 8.07 Å². The largest absolute Gasteiger partial charge is 0.311 e. The Bertz CT molecular complexity index is 721. The van der Waals surface area contributed by atoms with Crippen LogP contribution in [0.5, 0.6) is 0 Å². The molecule has 1 aliphatic heterocycles. The lowest BCUT2D eigenvalue weighted by molar-refractivity contribution is 0.188. The summed E-state index contributed by atoms with van der Waals surface area (Å²) in [6, 6.07) is 2.35. The number of nitrogens with one attached hydrogen (secondary N) is 2. The van der Waals surface area contributed by atoms with Gasteiger partial charge in [0.1, 0.15) is 0 Å². The average Bonchev–Trinajstić information content (AvgIpc) is 3.59. The van der Waals surface area contributed by atoms with Gasteiger partial charge in [-0.05, 0) is 119 Å². The van der Waals surface area contributed by atoms with Gasteiger partial charge in [-0.3, -0.25) is 5.09 Å². The van der Waals surface area contributed by atoms with Crippen LogP contribution in [-0.2, 0) is 0 Å². The molecule has 1 heterocycles. The number of hydrogen-bond acceptors (Lipinski definition) is 2. The van der Waals surface area contributed by atoms with Gasteiger partial charge in [0.05, 0.1) is 0 Å². The highest BCUT2D eigenvalue weighted by molar-refractivity contribution is 7.58. The Morgan fingerprint density at radius 3 is 2.23 bits per heavy atom. The predicted octanol–water partition coefficient (Wildman–Crippen LogP) is 10.5. The lowest BCUT2D eigenvalue weighted by Gasteiger charge is -2.58. The molecule has 2 nitrogen and oxygen atoms in total. The van der Waals surface area contributed by atoms with Gasteiger partial charge in [0.15, 0.2) is 0 Å². The molecule has 3 saturated carbocycles. The van der Waals surface area contributed by atoms with E-state index in [0.29, 0.717) is 11.5 Å². The molecule has 4 aliphatic rings. The molecule has 0 aromatic heterocycles. The summed E-state index contributed by atoms with van der Waals surface area (Å²) >= 11 is 0. The van der Waals surface area contributed by atoms with E-state index < -0.39 is 0 Å². The second-order valence-electron chi connectivity index (χ2n) is 15.6. The summed E-state index contributed by atoms with van der Waals surface area (Å²) in [5, 5.41) is 8.51. The first-order chi connectivity index (χ1) is 18.7. The van der Waals surface area contributed by atoms with Crippen LogP contribution < -0.4 is 10.4 Å². The first kappa shape index (κ1) is 32.3. The molecule has 12 atom stereocenters. The average molecular weight is 561 g/mol. The second-order valence-corrected chi connectivity index (χ2v) is 17.9. The van der Waals surface area contributed by atoms with Gasteiger partial charge in [-0.15, -0.1) is 0 Å². The second kappa shape index (κ2) is 14.7. The number of rotatable bonds is 16. The van der Waals surface area contributed by atoms with Crippen molar-refractivity contribution in [3.05, 3.63) is 0 Å². The fourth-order valence-electron chi connectivity index (χ4n) is 9.55. The molecule has 0 aromatic carbocycles. The minimum atomic E-state index is -0.0456. The third kappa shape index (κ3) is 7.85. The summed E-state index contributed by atoms with van der Waals surface area (Å²) in [6.07, 6.45) is 22.9. The Hall–Kier alpha value is 0.350. The van der Waals surface area contributed by atoms with E-state index in [2.05, 4.69) is 65.8 Å². The summed E-state index contributed by atoms with van der Waals surface area (Å²) in [7, 11) is -0.0456. The maximum absolute atomic E-state index is 4.33. The molecule has 12 unspecified atom stereocenters. The third-order valence-electron chi connectivity index (χ3n) is 12.9. The Labute approximate surface area is 246 Å². The molecule has 0 radical (unpaired) electrons. The van der Waals surface area contributed by atoms with Crippen LogP contribution in [0.2, 0.25) is 0 Å². The minimum absolute atomic E-state index is 0.0456. The van der Waals surface area contributed by atoms with Crippen molar-refractivity contribution in [2.75, 3.05) is 0 Å². The summed E-state index contributed by atoms with van der Waals surface area (Å²) in [6.45, 7) is 20.3. The molecular formula is C36H69N2P. The zero-order valence-electron chi connectivity index (χ0n) is 27.6. The molecule has 0 spiro atoms. The van der Waals surface area contributed by atoms with Gasteiger partial charge in [-0.1, -0.05) is 93.9 Å². The summed E-state index contributed by atoms with van der Waals surface area (Å²) < 4.78 is 0. The topological polar surface area (TPSA) is 24.1 Å². The number of fused-ring (bicyclic) bond motifs is 1. The first-order valence-corrected chi connectivity index (χ1v) is 19.5. The fraction of sp³-hybridized carbons (Fsp3) is 1.00. The molecule has 1 saturated heterocycles. The zero-order valence-corrected chi connectivity index (χ0v) is 28.5. The van der Waals surface area contributed by atoms with Crippen molar-refractivity contribution >= 4 is 8.07 Å². The summed E-state index contributed by atoms with van der Waals surface area (Å²) in [5.41, 5.74) is 2.56. The molecular weight excluding hydrogens is 491 g/mol. The van der Waals surface area contributed by atoms with Gasteiger partial charge in [-0.2, -0.15) is 0 Å². The highest BCUT2D eigenvalue weighted by Gasteiger charge is 2.55. The van der Waals surface area contributed by atoms with Crippen LogP contribution in [0, 0.1) is 40.9 Å². The van der Waals surface area contributed by atoms with Gasteiger partial charge >= 0.3 is 0 Å². The fourth-order valence-corrected chi connectivity index (χ4v) is 13.5. The predicted molar refractivity (Wildman–Crippen MR) is 175 cm³/mol. The van der Waals surface area contributed by atoms with Crippen molar-refractivity contribution < 1.29 is 0 Å². The Kier molecular flexibility index (Phi) is 12.2. The van der Waals surface area contributed by atoms with E-state index in [0.717, 1.165) is 58.9 Å². The monoisotopic (exact) mass is 561 g/mol. The van der Waals surface area contributed by atoms with Gasteiger partial charge in [0.25, 0.3) is 0 Å². The van der Waals surface area contributed by atoms with Crippen molar-refractivity contribution in [2.45, 2.75) is 188 Å². The molecule has 0 aromatic rings. The van der Waals surface area contributed by atoms with Crippen LogP contribution in [0.3, 0.4) is 0 Å². The Morgan fingerprint density at radius 1 is 0.872 bits per heavy atom. The van der Waals surface area contributed by atoms with E-state index in [1.165, 1.54) is 103 Å². The van der Waals surface area contributed by atoms with Gasteiger partial charge in [0, 0.05) is 23.8 Å². The van der Waals surface area contributed by atoms with Crippen LogP contribution in [-0.4, -0.2) is 29.4 Å². The van der Waals surface area contributed by atoms with E-state index >= 15 is 0 Å². The zero-order chi connectivity index (χ0) is 28.2. The van der Waals surface area contributed by atoms with E-state index in [9.17, 15) is 0 Å². The quantitative estimate of drug-likeness (QED) is 0.183. The van der Waals surface area contributed by atoms with Crippen molar-refractivity contribution in [1.29, 1.82) is 0 Å². The standard InChI is InChI=1S/C36H69N2P/c1-9-25(5)21-26(6)31-19-16-20-33-35(31)39(38-33)34(11-3)32(23-28-24-36(28,8)12-4)27(7)22-29(10-2)37-30-17-14-13-15-18-30/h25-35,37-38H,9-24H2,1-8H3. The molecule has 228 valence electrons. The molecule has 4 rings (SSSR count). The molecule has 3 aliphatic carbocycles. The van der Waals surface area contributed by atoms with Crippen LogP contribution in [0.15, 0.2) is 0 Å². The maximum atomic E-state index is 4.33.